The monoisotopic (exact) mass is 649 g/mol. The first-order chi connectivity index (χ1) is 21.5. The van der Waals surface area contributed by atoms with Gasteiger partial charge in [-0.3, -0.25) is 4.90 Å². The average molecular weight is 650 g/mol. The summed E-state index contributed by atoms with van der Waals surface area (Å²) in [6.07, 6.45) is -3.11. The molecule has 10 nitrogen and oxygen atoms in total. The molecule has 0 radical (unpaired) electrons. The van der Waals surface area contributed by atoms with E-state index in [1.807, 2.05) is 31.4 Å². The Morgan fingerprint density at radius 1 is 0.935 bits per heavy atom. The summed E-state index contributed by atoms with van der Waals surface area (Å²) in [5.74, 6) is -3.48. The molecule has 5 N–H and O–H groups in total. The van der Waals surface area contributed by atoms with Gasteiger partial charge in [0.05, 0.1) is 28.2 Å². The fraction of sp³-hybridized carbons (Fsp3) is 0.333. The second-order valence-electron chi connectivity index (χ2n) is 11.9. The number of fused-ring (bicyclic) bond motifs is 1. The lowest BCUT2D eigenvalue weighted by Crippen LogP contribution is -2.59. The SMILES string of the molecule is CC(C)(C)C1(c2cc(-c3cc(F)c(NC(=O)Nc4cc(C(F)(F)F)ccc4F)cc3F)c3c(N)ncnn23)CCCCN1C(=O)O. The first-order valence-electron chi connectivity index (χ1n) is 14.0. The van der Waals surface area contributed by atoms with E-state index in [0.717, 1.165) is 12.4 Å². The molecule has 3 amide bonds. The molecular weight excluding hydrogens is 620 g/mol. The number of carboxylic acid groups (broad SMARTS) is 1. The van der Waals surface area contributed by atoms with Crippen LogP contribution < -0.4 is 16.4 Å². The van der Waals surface area contributed by atoms with E-state index in [-0.39, 0.29) is 29.0 Å². The Bertz CT molecular complexity index is 1850. The number of aromatic nitrogens is 3. The van der Waals surface area contributed by atoms with Gasteiger partial charge in [0.2, 0.25) is 0 Å². The van der Waals surface area contributed by atoms with Crippen molar-refractivity contribution in [2.45, 2.75) is 51.7 Å². The Kier molecular flexibility index (Phi) is 8.03. The second kappa shape index (κ2) is 11.4. The fourth-order valence-electron chi connectivity index (χ4n) is 6.16. The number of urea groups is 1. The Balaban J connectivity index is 1.57. The molecule has 4 aromatic rings. The molecule has 1 unspecified atom stereocenters. The molecule has 1 fully saturated rings. The van der Waals surface area contributed by atoms with Gasteiger partial charge >= 0.3 is 18.3 Å². The summed E-state index contributed by atoms with van der Waals surface area (Å²) < 4.78 is 85.8. The van der Waals surface area contributed by atoms with Gasteiger partial charge in [0, 0.05) is 23.7 Å². The van der Waals surface area contributed by atoms with Crippen LogP contribution in [0.2, 0.25) is 0 Å². The van der Waals surface area contributed by atoms with Gasteiger partial charge in [0.15, 0.2) is 5.82 Å². The standard InChI is InChI=1S/C30H29F6N7O3/c1-28(2,3)29(8-4-5-9-42(29)27(45)46)23-12-17(24-25(37)38-14-39-43(23)24)16-11-20(33)22(13-19(16)32)41-26(44)40-21-10-15(30(34,35)36)6-7-18(21)31/h6-7,10-14H,4-5,8-9H2,1-3H3,(H,45,46)(H2,37,38,39)(H2,40,41,44). The number of carbonyl (C=O) groups excluding carboxylic acids is 1. The van der Waals surface area contributed by atoms with Crippen molar-refractivity contribution in [3.8, 4) is 11.1 Å². The van der Waals surface area contributed by atoms with E-state index in [4.69, 9.17) is 5.73 Å². The van der Waals surface area contributed by atoms with Crippen LogP contribution in [0.3, 0.4) is 0 Å². The minimum atomic E-state index is -4.82. The zero-order chi connectivity index (χ0) is 33.8. The van der Waals surface area contributed by atoms with Gasteiger partial charge in [-0.2, -0.15) is 18.3 Å². The largest absolute Gasteiger partial charge is 0.465 e. The number of rotatable bonds is 4. The van der Waals surface area contributed by atoms with Crippen LogP contribution in [-0.4, -0.2) is 43.3 Å². The number of hydrogen-bond acceptors (Lipinski definition) is 5. The fourth-order valence-corrected chi connectivity index (χ4v) is 6.16. The van der Waals surface area contributed by atoms with Crippen LogP contribution in [0.4, 0.5) is 53.1 Å². The van der Waals surface area contributed by atoms with Crippen LogP contribution in [0.15, 0.2) is 42.7 Å². The quantitative estimate of drug-likeness (QED) is 0.169. The smallest absolute Gasteiger partial charge is 0.416 e. The molecule has 0 aliphatic carbocycles. The molecule has 2 aromatic carbocycles. The van der Waals surface area contributed by atoms with Crippen LogP contribution >= 0.6 is 0 Å². The number of alkyl halides is 3. The minimum Gasteiger partial charge on any atom is -0.465 e. The number of amides is 3. The van der Waals surface area contributed by atoms with Crippen molar-refractivity contribution < 1.29 is 41.0 Å². The second-order valence-corrected chi connectivity index (χ2v) is 11.9. The number of nitrogens with one attached hydrogen (secondary N) is 2. The third kappa shape index (κ3) is 5.51. The Labute approximate surface area is 258 Å². The molecule has 0 saturated carbocycles. The van der Waals surface area contributed by atoms with Crippen molar-refractivity contribution in [3.63, 3.8) is 0 Å². The molecule has 46 heavy (non-hydrogen) atoms. The number of halogens is 6. The molecule has 244 valence electrons. The number of anilines is 3. The summed E-state index contributed by atoms with van der Waals surface area (Å²) in [5.41, 5.74) is 1.76. The van der Waals surface area contributed by atoms with Crippen molar-refractivity contribution in [3.05, 3.63) is 71.4 Å². The highest BCUT2D eigenvalue weighted by molar-refractivity contribution is 6.00. The van der Waals surface area contributed by atoms with Gasteiger partial charge in [-0.25, -0.2) is 32.3 Å². The van der Waals surface area contributed by atoms with Gasteiger partial charge in [-0.15, -0.1) is 0 Å². The van der Waals surface area contributed by atoms with Gasteiger partial charge in [-0.1, -0.05) is 20.8 Å². The van der Waals surface area contributed by atoms with Gasteiger partial charge in [0.1, 0.15) is 29.3 Å². The summed E-state index contributed by atoms with van der Waals surface area (Å²) in [4.78, 5) is 30.3. The van der Waals surface area contributed by atoms with E-state index >= 15 is 8.78 Å². The van der Waals surface area contributed by atoms with Crippen molar-refractivity contribution in [1.29, 1.82) is 0 Å². The predicted molar refractivity (Wildman–Crippen MR) is 157 cm³/mol. The van der Waals surface area contributed by atoms with E-state index in [0.29, 0.717) is 49.2 Å². The summed E-state index contributed by atoms with van der Waals surface area (Å²) in [7, 11) is 0. The predicted octanol–water partition coefficient (Wildman–Crippen LogP) is 7.46. The highest BCUT2D eigenvalue weighted by Crippen LogP contribution is 2.52. The molecule has 3 heterocycles. The highest BCUT2D eigenvalue weighted by Gasteiger charge is 2.53. The van der Waals surface area contributed by atoms with E-state index < -0.39 is 63.6 Å². The van der Waals surface area contributed by atoms with Gasteiger partial charge in [-0.05, 0) is 55.0 Å². The molecule has 1 atom stereocenters. The molecule has 1 aliphatic rings. The average Bonchev–Trinajstić information content (AvgIpc) is 3.35. The highest BCUT2D eigenvalue weighted by atomic mass is 19.4. The molecular formula is C30H29F6N7O3. The van der Waals surface area contributed by atoms with Crippen molar-refractivity contribution in [2.24, 2.45) is 5.41 Å². The lowest BCUT2D eigenvalue weighted by atomic mass is 9.66. The topological polar surface area (TPSA) is 138 Å². The maximum atomic E-state index is 15.8. The molecule has 5 rings (SSSR count). The minimum absolute atomic E-state index is 0.0473. The number of nitrogens with two attached hydrogens (primary N) is 1. The lowest BCUT2D eigenvalue weighted by Gasteiger charge is -2.53. The third-order valence-corrected chi connectivity index (χ3v) is 8.25. The first-order valence-corrected chi connectivity index (χ1v) is 14.0. The molecule has 1 aliphatic heterocycles. The van der Waals surface area contributed by atoms with E-state index in [9.17, 15) is 32.3 Å². The summed E-state index contributed by atoms with van der Waals surface area (Å²) >= 11 is 0. The van der Waals surface area contributed by atoms with Crippen molar-refractivity contribution in [1.82, 2.24) is 19.5 Å². The van der Waals surface area contributed by atoms with Gasteiger partial charge < -0.3 is 21.5 Å². The van der Waals surface area contributed by atoms with E-state index in [1.54, 1.807) is 0 Å². The van der Waals surface area contributed by atoms with Crippen molar-refractivity contribution >= 4 is 34.8 Å². The zero-order valence-electron chi connectivity index (χ0n) is 24.8. The Morgan fingerprint density at radius 3 is 2.24 bits per heavy atom. The van der Waals surface area contributed by atoms with Crippen LogP contribution in [0.5, 0.6) is 0 Å². The summed E-state index contributed by atoms with van der Waals surface area (Å²) in [5, 5.41) is 18.4. The van der Waals surface area contributed by atoms with E-state index in [1.165, 1.54) is 15.5 Å². The maximum Gasteiger partial charge on any atom is 0.416 e. The number of nitrogens with zero attached hydrogens (tertiary/aromatic N) is 4. The first kappa shape index (κ1) is 32.4. The molecule has 16 heteroatoms. The summed E-state index contributed by atoms with van der Waals surface area (Å²) in [6, 6.07) is 2.92. The lowest BCUT2D eigenvalue weighted by molar-refractivity contribution is -0.137. The molecule has 0 bridgehead atoms. The Morgan fingerprint density at radius 2 is 1.61 bits per heavy atom. The van der Waals surface area contributed by atoms with Gasteiger partial charge in [0.25, 0.3) is 0 Å². The number of likely N-dealkylation sites (tertiary alicyclic amines) is 1. The molecule has 1 saturated heterocycles. The number of carbonyl (C=O) groups is 2. The number of piperidine rings is 1. The maximum absolute atomic E-state index is 15.8. The number of hydrogen-bond donors (Lipinski definition) is 4. The van der Waals surface area contributed by atoms with Crippen LogP contribution in [0, 0.1) is 22.9 Å². The van der Waals surface area contributed by atoms with Crippen LogP contribution in [0.25, 0.3) is 16.6 Å². The normalized spacial score (nSPS) is 17.3. The third-order valence-electron chi connectivity index (χ3n) is 8.25. The Hall–Kier alpha value is -5.02. The molecule has 0 spiro atoms. The summed E-state index contributed by atoms with van der Waals surface area (Å²) in [6.45, 7) is 5.84. The van der Waals surface area contributed by atoms with E-state index in [2.05, 4.69) is 10.1 Å². The van der Waals surface area contributed by atoms with Crippen molar-refractivity contribution in [2.75, 3.05) is 22.9 Å². The van der Waals surface area contributed by atoms with Crippen LogP contribution in [-0.2, 0) is 11.7 Å². The number of benzene rings is 2. The zero-order valence-corrected chi connectivity index (χ0v) is 24.8. The van der Waals surface area contributed by atoms with Crippen LogP contribution in [0.1, 0.15) is 51.3 Å². The number of nitrogen functional groups attached to an aromatic ring is 1. The molecule has 2 aromatic heterocycles.